The van der Waals surface area contributed by atoms with Crippen LogP contribution >= 0.6 is 0 Å². The summed E-state index contributed by atoms with van der Waals surface area (Å²) >= 11 is 0. The van der Waals surface area contributed by atoms with Crippen LogP contribution in [0.25, 0.3) is 0 Å². The topological polar surface area (TPSA) is 25.2 Å². The van der Waals surface area contributed by atoms with Gasteiger partial charge in [0.05, 0.1) is 6.26 Å². The van der Waals surface area contributed by atoms with Crippen molar-refractivity contribution in [1.29, 1.82) is 0 Å². The number of furan rings is 1. The first-order valence-corrected chi connectivity index (χ1v) is 5.62. The van der Waals surface area contributed by atoms with E-state index in [-0.39, 0.29) is 0 Å². The Balaban J connectivity index is 1.65. The van der Waals surface area contributed by atoms with Gasteiger partial charge in [0.25, 0.3) is 0 Å². The third-order valence-corrected chi connectivity index (χ3v) is 3.99. The fraction of sp³-hybridized carbons (Fsp3) is 0.667. The average molecular weight is 191 g/mol. The maximum atomic E-state index is 5.48. The molecule has 2 heteroatoms. The van der Waals surface area contributed by atoms with Crippen molar-refractivity contribution in [2.75, 3.05) is 13.1 Å². The molecule has 2 aliphatic rings. The summed E-state index contributed by atoms with van der Waals surface area (Å²) in [6.45, 7) is 2.50. The Hall–Kier alpha value is -0.760. The van der Waals surface area contributed by atoms with Gasteiger partial charge in [-0.3, -0.25) is 0 Å². The van der Waals surface area contributed by atoms with Crippen molar-refractivity contribution in [2.24, 2.45) is 5.41 Å². The van der Waals surface area contributed by atoms with Gasteiger partial charge < -0.3 is 9.73 Å². The lowest BCUT2D eigenvalue weighted by atomic mass is 9.66. The monoisotopic (exact) mass is 191 g/mol. The zero-order valence-electron chi connectivity index (χ0n) is 8.46. The average Bonchev–Trinajstić information content (AvgIpc) is 2.68. The Morgan fingerprint density at radius 3 is 2.57 bits per heavy atom. The van der Waals surface area contributed by atoms with E-state index in [1.165, 1.54) is 44.5 Å². The van der Waals surface area contributed by atoms with Crippen LogP contribution in [0.1, 0.15) is 37.4 Å². The molecular weight excluding hydrogens is 174 g/mol. The number of nitrogens with one attached hydrogen (secondary N) is 1. The maximum Gasteiger partial charge on any atom is 0.106 e. The molecule has 0 aromatic carbocycles. The SMILES string of the molecule is c1coc(C2CCC3(CC2)CNC3)c1. The Bertz CT molecular complexity index is 290. The second-order valence-electron chi connectivity index (χ2n) is 4.89. The van der Waals surface area contributed by atoms with Gasteiger partial charge in [-0.15, -0.1) is 0 Å². The van der Waals surface area contributed by atoms with Crippen molar-refractivity contribution in [1.82, 2.24) is 5.32 Å². The Labute approximate surface area is 84.7 Å². The second kappa shape index (κ2) is 3.13. The predicted octanol–water partition coefficient (Wildman–Crippen LogP) is 2.53. The number of hydrogen-bond acceptors (Lipinski definition) is 2. The van der Waals surface area contributed by atoms with Gasteiger partial charge in [0, 0.05) is 19.0 Å². The van der Waals surface area contributed by atoms with Crippen LogP contribution in [0, 0.1) is 5.41 Å². The molecule has 0 atom stereocenters. The van der Waals surface area contributed by atoms with Crippen molar-refractivity contribution in [2.45, 2.75) is 31.6 Å². The minimum Gasteiger partial charge on any atom is -0.469 e. The Kier molecular flexibility index (Phi) is 1.91. The summed E-state index contributed by atoms with van der Waals surface area (Å²) in [5.74, 6) is 1.89. The van der Waals surface area contributed by atoms with Crippen molar-refractivity contribution >= 4 is 0 Å². The molecule has 0 unspecified atom stereocenters. The van der Waals surface area contributed by atoms with E-state index in [0.717, 1.165) is 0 Å². The highest BCUT2D eigenvalue weighted by Crippen LogP contribution is 2.45. The van der Waals surface area contributed by atoms with Crippen molar-refractivity contribution in [3.05, 3.63) is 24.2 Å². The highest BCUT2D eigenvalue weighted by Gasteiger charge is 2.40. The van der Waals surface area contributed by atoms with Crippen molar-refractivity contribution in [3.63, 3.8) is 0 Å². The van der Waals surface area contributed by atoms with Crippen LogP contribution in [0.5, 0.6) is 0 Å². The lowest BCUT2D eigenvalue weighted by Crippen LogP contribution is -2.54. The third kappa shape index (κ3) is 1.29. The molecule has 2 nitrogen and oxygen atoms in total. The van der Waals surface area contributed by atoms with Gasteiger partial charge in [-0.25, -0.2) is 0 Å². The lowest BCUT2D eigenvalue weighted by Gasteiger charge is -2.47. The fourth-order valence-corrected chi connectivity index (χ4v) is 2.87. The third-order valence-electron chi connectivity index (χ3n) is 3.99. The molecule has 1 aliphatic carbocycles. The van der Waals surface area contributed by atoms with Crippen LogP contribution in [0.15, 0.2) is 22.8 Å². The van der Waals surface area contributed by atoms with Crippen LogP contribution in [0.2, 0.25) is 0 Å². The molecule has 0 radical (unpaired) electrons. The molecule has 3 rings (SSSR count). The second-order valence-corrected chi connectivity index (χ2v) is 4.89. The molecule has 1 saturated carbocycles. The normalized spacial score (nSPS) is 26.3. The smallest absolute Gasteiger partial charge is 0.106 e. The van der Waals surface area contributed by atoms with Crippen LogP contribution < -0.4 is 5.32 Å². The molecule has 2 heterocycles. The molecule has 1 N–H and O–H groups in total. The zero-order chi connectivity index (χ0) is 9.43. The largest absolute Gasteiger partial charge is 0.469 e. The van der Waals surface area contributed by atoms with Gasteiger partial charge in [0.15, 0.2) is 0 Å². The van der Waals surface area contributed by atoms with Crippen LogP contribution in [-0.4, -0.2) is 13.1 Å². The molecule has 1 saturated heterocycles. The quantitative estimate of drug-likeness (QED) is 0.738. The minimum atomic E-state index is 0.670. The molecule has 1 aliphatic heterocycles. The zero-order valence-corrected chi connectivity index (χ0v) is 8.46. The first-order valence-electron chi connectivity index (χ1n) is 5.62. The van der Waals surface area contributed by atoms with Crippen LogP contribution in [0.3, 0.4) is 0 Å². The summed E-state index contributed by atoms with van der Waals surface area (Å²) in [7, 11) is 0. The van der Waals surface area contributed by atoms with Gasteiger partial charge in [0.2, 0.25) is 0 Å². The Morgan fingerprint density at radius 2 is 2.07 bits per heavy atom. The minimum absolute atomic E-state index is 0.670. The summed E-state index contributed by atoms with van der Waals surface area (Å²) in [4.78, 5) is 0. The molecule has 2 fully saturated rings. The van der Waals surface area contributed by atoms with E-state index in [9.17, 15) is 0 Å². The standard InChI is InChI=1S/C12H17NO/c1-2-11(14-7-1)10-3-5-12(6-4-10)8-13-9-12/h1-2,7,10,13H,3-6,8-9H2. The summed E-state index contributed by atoms with van der Waals surface area (Å²) < 4.78 is 5.48. The molecule has 1 spiro atoms. The summed E-state index contributed by atoms with van der Waals surface area (Å²) in [6, 6.07) is 4.13. The van der Waals surface area contributed by atoms with E-state index in [2.05, 4.69) is 11.4 Å². The first-order chi connectivity index (χ1) is 6.88. The van der Waals surface area contributed by atoms with Crippen molar-refractivity contribution < 1.29 is 4.42 Å². The van der Waals surface area contributed by atoms with Crippen LogP contribution in [-0.2, 0) is 0 Å². The summed E-state index contributed by atoms with van der Waals surface area (Å²) in [6.07, 6.45) is 7.19. The molecule has 0 bridgehead atoms. The summed E-state index contributed by atoms with van der Waals surface area (Å²) in [5.41, 5.74) is 0.670. The molecule has 14 heavy (non-hydrogen) atoms. The van der Waals surface area contributed by atoms with Gasteiger partial charge in [0.1, 0.15) is 5.76 Å². The Morgan fingerprint density at radius 1 is 1.29 bits per heavy atom. The first kappa shape index (κ1) is 8.54. The highest BCUT2D eigenvalue weighted by molar-refractivity contribution is 5.09. The highest BCUT2D eigenvalue weighted by atomic mass is 16.3. The molecule has 0 amide bonds. The molecule has 1 aromatic heterocycles. The van der Waals surface area contributed by atoms with Gasteiger partial charge in [-0.2, -0.15) is 0 Å². The van der Waals surface area contributed by atoms with E-state index in [1.807, 2.05) is 6.07 Å². The maximum absolute atomic E-state index is 5.48. The summed E-state index contributed by atoms with van der Waals surface area (Å²) in [5, 5.41) is 3.40. The molecule has 76 valence electrons. The van der Waals surface area contributed by atoms with Crippen molar-refractivity contribution in [3.8, 4) is 0 Å². The lowest BCUT2D eigenvalue weighted by molar-refractivity contribution is 0.0936. The molecule has 1 aromatic rings. The van der Waals surface area contributed by atoms with Gasteiger partial charge >= 0.3 is 0 Å². The number of hydrogen-bond donors (Lipinski definition) is 1. The van der Waals surface area contributed by atoms with E-state index in [1.54, 1.807) is 6.26 Å². The molecular formula is C12H17NO. The van der Waals surface area contributed by atoms with Gasteiger partial charge in [-0.1, -0.05) is 0 Å². The predicted molar refractivity (Wildman–Crippen MR) is 55.2 cm³/mol. The van der Waals surface area contributed by atoms with E-state index in [4.69, 9.17) is 4.42 Å². The van der Waals surface area contributed by atoms with Crippen LogP contribution in [0.4, 0.5) is 0 Å². The fourth-order valence-electron chi connectivity index (χ4n) is 2.87. The van der Waals surface area contributed by atoms with E-state index < -0.39 is 0 Å². The van der Waals surface area contributed by atoms with E-state index in [0.29, 0.717) is 11.3 Å². The number of rotatable bonds is 1. The van der Waals surface area contributed by atoms with Gasteiger partial charge in [-0.05, 0) is 43.2 Å². The van der Waals surface area contributed by atoms with E-state index >= 15 is 0 Å².